The standard InChI is InChI=1S/C9H15NO4/c11-8-6-14-7-10(8)5-3-1-2-4-9(12)13/h1-7H2,(H,12,13)/p-1. The number of carbonyl (C=O) groups excluding carboxylic acids is 2. The number of carboxylic acid groups (broad SMARTS) is 1. The van der Waals surface area contributed by atoms with Crippen molar-refractivity contribution in [1.82, 2.24) is 4.90 Å². The van der Waals surface area contributed by atoms with Gasteiger partial charge >= 0.3 is 0 Å². The van der Waals surface area contributed by atoms with E-state index in [0.717, 1.165) is 12.8 Å². The van der Waals surface area contributed by atoms with E-state index in [0.29, 0.717) is 19.7 Å². The normalized spacial score (nSPS) is 16.3. The predicted octanol–water partition coefficient (Wildman–Crippen LogP) is -0.887. The quantitative estimate of drug-likeness (QED) is 0.522. The van der Waals surface area contributed by atoms with Crippen LogP contribution >= 0.6 is 0 Å². The Bertz CT molecular complexity index is 217. The van der Waals surface area contributed by atoms with Crippen molar-refractivity contribution in [3.05, 3.63) is 0 Å². The molecule has 0 aromatic carbocycles. The minimum Gasteiger partial charge on any atom is -0.550 e. The number of carboxylic acids is 1. The number of hydrogen-bond donors (Lipinski definition) is 0. The Morgan fingerprint density at radius 3 is 2.79 bits per heavy atom. The molecule has 1 heterocycles. The summed E-state index contributed by atoms with van der Waals surface area (Å²) in [6.45, 7) is 1.21. The van der Waals surface area contributed by atoms with Crippen LogP contribution in [0.2, 0.25) is 0 Å². The van der Waals surface area contributed by atoms with E-state index in [4.69, 9.17) is 4.74 Å². The number of ether oxygens (including phenoxy) is 1. The van der Waals surface area contributed by atoms with Crippen LogP contribution in [0, 0.1) is 0 Å². The molecule has 5 nitrogen and oxygen atoms in total. The lowest BCUT2D eigenvalue weighted by atomic mass is 10.2. The predicted molar refractivity (Wildman–Crippen MR) is 46.0 cm³/mol. The number of carbonyl (C=O) groups is 2. The van der Waals surface area contributed by atoms with Crippen molar-refractivity contribution in [2.24, 2.45) is 0 Å². The van der Waals surface area contributed by atoms with E-state index in [9.17, 15) is 14.7 Å². The average molecular weight is 200 g/mol. The van der Waals surface area contributed by atoms with Crippen LogP contribution in [0.3, 0.4) is 0 Å². The fourth-order valence-electron chi connectivity index (χ4n) is 1.34. The van der Waals surface area contributed by atoms with Crippen LogP contribution < -0.4 is 5.11 Å². The molecular weight excluding hydrogens is 186 g/mol. The Labute approximate surface area is 82.6 Å². The van der Waals surface area contributed by atoms with E-state index < -0.39 is 5.97 Å². The number of hydrogen-bond acceptors (Lipinski definition) is 4. The van der Waals surface area contributed by atoms with E-state index in [1.807, 2.05) is 0 Å². The van der Waals surface area contributed by atoms with Crippen molar-refractivity contribution in [1.29, 1.82) is 0 Å². The first-order valence-corrected chi connectivity index (χ1v) is 4.75. The van der Waals surface area contributed by atoms with Crippen LogP contribution in [-0.4, -0.2) is 36.7 Å². The van der Waals surface area contributed by atoms with Crippen LogP contribution in [0.1, 0.15) is 25.7 Å². The largest absolute Gasteiger partial charge is 0.550 e. The first-order valence-electron chi connectivity index (χ1n) is 4.75. The smallest absolute Gasteiger partial charge is 0.250 e. The fourth-order valence-corrected chi connectivity index (χ4v) is 1.34. The molecule has 14 heavy (non-hydrogen) atoms. The number of rotatable bonds is 6. The molecule has 0 unspecified atom stereocenters. The molecule has 0 radical (unpaired) electrons. The van der Waals surface area contributed by atoms with Crippen LogP contribution in [0.5, 0.6) is 0 Å². The van der Waals surface area contributed by atoms with Crippen molar-refractivity contribution in [2.45, 2.75) is 25.7 Å². The van der Waals surface area contributed by atoms with Gasteiger partial charge in [-0.2, -0.15) is 0 Å². The summed E-state index contributed by atoms with van der Waals surface area (Å²) < 4.78 is 4.94. The maximum atomic E-state index is 11.0. The maximum Gasteiger partial charge on any atom is 0.250 e. The summed E-state index contributed by atoms with van der Waals surface area (Å²) in [5, 5.41) is 10.1. The maximum absolute atomic E-state index is 11.0. The third-order valence-corrected chi connectivity index (χ3v) is 2.13. The molecule has 1 aliphatic heterocycles. The van der Waals surface area contributed by atoms with E-state index >= 15 is 0 Å². The monoisotopic (exact) mass is 200 g/mol. The fraction of sp³-hybridized carbons (Fsp3) is 0.778. The zero-order valence-corrected chi connectivity index (χ0v) is 8.03. The van der Waals surface area contributed by atoms with Gasteiger partial charge in [-0.15, -0.1) is 0 Å². The summed E-state index contributed by atoms with van der Waals surface area (Å²) in [5.74, 6) is -0.990. The second kappa shape index (κ2) is 5.59. The van der Waals surface area contributed by atoms with Gasteiger partial charge < -0.3 is 19.5 Å². The molecule has 0 saturated carbocycles. The van der Waals surface area contributed by atoms with Gasteiger partial charge in [0.1, 0.15) is 13.3 Å². The molecule has 1 fully saturated rings. The first-order chi connectivity index (χ1) is 6.70. The van der Waals surface area contributed by atoms with Crippen molar-refractivity contribution < 1.29 is 19.4 Å². The Balaban J connectivity index is 1.98. The van der Waals surface area contributed by atoms with Crippen LogP contribution in [-0.2, 0) is 14.3 Å². The SMILES string of the molecule is O=C([O-])CCCCCN1COCC1=O. The van der Waals surface area contributed by atoms with Crippen LogP contribution in [0.25, 0.3) is 0 Å². The van der Waals surface area contributed by atoms with Gasteiger partial charge in [-0.1, -0.05) is 6.42 Å². The molecule has 80 valence electrons. The molecule has 0 aliphatic carbocycles. The Hall–Kier alpha value is -1.10. The number of aliphatic carboxylic acids is 1. The highest BCUT2D eigenvalue weighted by Gasteiger charge is 2.19. The van der Waals surface area contributed by atoms with Crippen molar-refractivity contribution in [3.8, 4) is 0 Å². The Kier molecular flexibility index (Phi) is 4.39. The van der Waals surface area contributed by atoms with E-state index in [1.54, 1.807) is 4.90 Å². The average Bonchev–Trinajstić information content (AvgIpc) is 2.51. The van der Waals surface area contributed by atoms with Gasteiger partial charge in [-0.25, -0.2) is 0 Å². The molecule has 5 heteroatoms. The number of amides is 1. The summed E-state index contributed by atoms with van der Waals surface area (Å²) in [4.78, 5) is 22.8. The van der Waals surface area contributed by atoms with Gasteiger partial charge in [-0.05, 0) is 19.3 Å². The summed E-state index contributed by atoms with van der Waals surface area (Å²) in [6, 6.07) is 0. The molecule has 0 aromatic rings. The first kappa shape index (κ1) is 11.0. The number of unbranched alkanes of at least 4 members (excludes halogenated alkanes) is 2. The van der Waals surface area contributed by atoms with Gasteiger partial charge in [0.2, 0.25) is 5.91 Å². The summed E-state index contributed by atoms with van der Waals surface area (Å²) in [7, 11) is 0. The molecule has 0 atom stereocenters. The minimum atomic E-state index is -1.01. The molecule has 1 saturated heterocycles. The second-order valence-electron chi connectivity index (χ2n) is 3.32. The van der Waals surface area contributed by atoms with E-state index in [1.165, 1.54) is 0 Å². The molecule has 0 spiro atoms. The molecule has 1 amide bonds. The molecule has 0 aromatic heterocycles. The van der Waals surface area contributed by atoms with Gasteiger partial charge in [0.05, 0.1) is 0 Å². The zero-order valence-electron chi connectivity index (χ0n) is 8.03. The molecule has 1 rings (SSSR count). The van der Waals surface area contributed by atoms with Gasteiger partial charge in [-0.3, -0.25) is 4.79 Å². The second-order valence-corrected chi connectivity index (χ2v) is 3.32. The lowest BCUT2D eigenvalue weighted by Crippen LogP contribution is -2.26. The number of nitrogens with zero attached hydrogens (tertiary/aromatic N) is 1. The lowest BCUT2D eigenvalue weighted by molar-refractivity contribution is -0.305. The highest BCUT2D eigenvalue weighted by Crippen LogP contribution is 2.05. The topological polar surface area (TPSA) is 69.7 Å². The lowest BCUT2D eigenvalue weighted by Gasteiger charge is -2.12. The van der Waals surface area contributed by atoms with E-state index in [2.05, 4.69) is 0 Å². The van der Waals surface area contributed by atoms with Crippen molar-refractivity contribution >= 4 is 11.9 Å². The van der Waals surface area contributed by atoms with Gasteiger partial charge in [0, 0.05) is 12.5 Å². The Morgan fingerprint density at radius 1 is 1.43 bits per heavy atom. The van der Waals surface area contributed by atoms with E-state index in [-0.39, 0.29) is 18.9 Å². The molecule has 1 aliphatic rings. The summed E-state index contributed by atoms with van der Waals surface area (Å²) in [5.41, 5.74) is 0. The highest BCUT2D eigenvalue weighted by atomic mass is 16.5. The third kappa shape index (κ3) is 3.74. The molecule has 0 N–H and O–H groups in total. The highest BCUT2D eigenvalue weighted by molar-refractivity contribution is 5.78. The van der Waals surface area contributed by atoms with Crippen LogP contribution in [0.4, 0.5) is 0 Å². The van der Waals surface area contributed by atoms with Crippen molar-refractivity contribution in [3.63, 3.8) is 0 Å². The van der Waals surface area contributed by atoms with Gasteiger partial charge in [0.15, 0.2) is 0 Å². The van der Waals surface area contributed by atoms with Gasteiger partial charge in [0.25, 0.3) is 0 Å². The third-order valence-electron chi connectivity index (χ3n) is 2.13. The molecular formula is C9H14NO4-. The van der Waals surface area contributed by atoms with Crippen molar-refractivity contribution in [2.75, 3.05) is 19.9 Å². The Morgan fingerprint density at radius 2 is 2.21 bits per heavy atom. The molecule has 0 bridgehead atoms. The summed E-state index contributed by atoms with van der Waals surface area (Å²) >= 11 is 0. The summed E-state index contributed by atoms with van der Waals surface area (Å²) in [6.07, 6.45) is 2.34. The minimum absolute atomic E-state index is 0.0184. The zero-order chi connectivity index (χ0) is 10.4. The van der Waals surface area contributed by atoms with Crippen LogP contribution in [0.15, 0.2) is 0 Å².